The summed E-state index contributed by atoms with van der Waals surface area (Å²) in [5, 5.41) is 3.64. The first kappa shape index (κ1) is 21.2. The van der Waals surface area contributed by atoms with Gasteiger partial charge in [-0.25, -0.2) is 0 Å². The van der Waals surface area contributed by atoms with E-state index in [1.54, 1.807) is 19.2 Å². The lowest BCUT2D eigenvalue weighted by atomic mass is 9.86. The minimum Gasteiger partial charge on any atom is -0.334 e. The number of benzene rings is 1. The first-order chi connectivity index (χ1) is 14.3. The molecule has 2 aliphatic rings. The van der Waals surface area contributed by atoms with Gasteiger partial charge in [0.1, 0.15) is 11.0 Å². The molecule has 2 atom stereocenters. The lowest BCUT2D eigenvalue weighted by Gasteiger charge is -2.31. The van der Waals surface area contributed by atoms with E-state index in [4.69, 9.17) is 0 Å². The van der Waals surface area contributed by atoms with Gasteiger partial charge >= 0.3 is 0 Å². The highest BCUT2D eigenvalue weighted by Crippen LogP contribution is 2.41. The number of halogens is 1. The number of fused-ring (bicyclic) bond motifs is 1. The molecule has 1 saturated heterocycles. The number of ketones is 1. The summed E-state index contributed by atoms with van der Waals surface area (Å²) in [5.74, 6) is 0.296. The van der Waals surface area contributed by atoms with Gasteiger partial charge < -0.3 is 10.2 Å². The third-order valence-corrected chi connectivity index (χ3v) is 7.81. The summed E-state index contributed by atoms with van der Waals surface area (Å²) in [5.41, 5.74) is 2.31. The third kappa shape index (κ3) is 4.10. The molecule has 1 aromatic heterocycles. The number of carbonyl (C=O) groups excluding carboxylic acids is 3. The zero-order valence-electron chi connectivity index (χ0n) is 17.2. The summed E-state index contributed by atoms with van der Waals surface area (Å²) >= 11 is 4.93. The van der Waals surface area contributed by atoms with E-state index in [1.807, 2.05) is 12.1 Å². The van der Waals surface area contributed by atoms with Crippen molar-refractivity contribution in [3.8, 4) is 0 Å². The maximum Gasteiger partial charge on any atom is 0.247 e. The van der Waals surface area contributed by atoms with E-state index in [1.165, 1.54) is 21.1 Å². The highest BCUT2D eigenvalue weighted by molar-refractivity contribution is 9.10. The molecule has 5 nitrogen and oxygen atoms in total. The molecule has 2 amide bonds. The lowest BCUT2D eigenvalue weighted by molar-refractivity contribution is -0.140. The van der Waals surface area contributed by atoms with Gasteiger partial charge in [-0.05, 0) is 67.9 Å². The van der Waals surface area contributed by atoms with Crippen LogP contribution in [0.2, 0.25) is 0 Å². The van der Waals surface area contributed by atoms with Gasteiger partial charge in [-0.1, -0.05) is 22.9 Å². The van der Waals surface area contributed by atoms with E-state index in [-0.39, 0.29) is 17.6 Å². The van der Waals surface area contributed by atoms with Gasteiger partial charge in [0.25, 0.3) is 0 Å². The second-order valence-electron chi connectivity index (χ2n) is 8.29. The topological polar surface area (TPSA) is 66.5 Å². The number of amides is 2. The first-order valence-corrected chi connectivity index (χ1v) is 12.0. The number of hydrogen-bond donors (Lipinski definition) is 1. The van der Waals surface area contributed by atoms with Crippen LogP contribution in [0.5, 0.6) is 0 Å². The standard InChI is InChI=1S/C23H25BrN2O3S/c1-13-6-11-16-18(12-13)30-23(20(16)21(28)14-7-9-15(24)10-8-14)25-22(29)17-4-3-5-19(27)26(17)2/h7-10,13,17H,3-6,11-12H2,1-2H3,(H,25,29). The summed E-state index contributed by atoms with van der Waals surface area (Å²) in [7, 11) is 1.68. The van der Waals surface area contributed by atoms with E-state index in [0.717, 1.165) is 29.3 Å². The lowest BCUT2D eigenvalue weighted by Crippen LogP contribution is -2.47. The molecule has 0 spiro atoms. The Morgan fingerprint density at radius 1 is 1.17 bits per heavy atom. The number of likely N-dealkylation sites (N-methyl/N-ethyl adjacent to an activating group) is 1. The molecule has 0 saturated carbocycles. The molecule has 0 radical (unpaired) electrons. The highest BCUT2D eigenvalue weighted by Gasteiger charge is 2.33. The minimum atomic E-state index is -0.486. The molecule has 7 heteroatoms. The van der Waals surface area contributed by atoms with E-state index in [0.29, 0.717) is 41.3 Å². The maximum absolute atomic E-state index is 13.4. The van der Waals surface area contributed by atoms with Crippen LogP contribution in [-0.2, 0) is 22.4 Å². The average Bonchev–Trinajstić information content (AvgIpc) is 3.06. The fourth-order valence-corrected chi connectivity index (χ4v) is 5.99. The van der Waals surface area contributed by atoms with Crippen LogP contribution in [0.25, 0.3) is 0 Å². The van der Waals surface area contributed by atoms with E-state index in [9.17, 15) is 14.4 Å². The molecule has 2 heterocycles. The zero-order valence-corrected chi connectivity index (χ0v) is 19.6. The second kappa shape index (κ2) is 8.63. The Morgan fingerprint density at radius 3 is 2.63 bits per heavy atom. The van der Waals surface area contributed by atoms with Crippen molar-refractivity contribution < 1.29 is 14.4 Å². The predicted molar refractivity (Wildman–Crippen MR) is 122 cm³/mol. The Hall–Kier alpha value is -1.99. The molecule has 1 N–H and O–H groups in total. The number of piperidine rings is 1. The van der Waals surface area contributed by atoms with Crippen LogP contribution >= 0.6 is 27.3 Å². The number of carbonyl (C=O) groups is 3. The monoisotopic (exact) mass is 488 g/mol. The average molecular weight is 489 g/mol. The molecule has 1 fully saturated rings. The Bertz CT molecular complexity index is 999. The van der Waals surface area contributed by atoms with Gasteiger partial charge in [-0.15, -0.1) is 11.3 Å². The molecular formula is C23H25BrN2O3S. The molecule has 1 aliphatic heterocycles. The van der Waals surface area contributed by atoms with Crippen molar-refractivity contribution in [3.05, 3.63) is 50.3 Å². The zero-order chi connectivity index (χ0) is 21.4. The van der Waals surface area contributed by atoms with Gasteiger partial charge in [0.05, 0.1) is 5.56 Å². The fourth-order valence-electron chi connectivity index (χ4n) is 4.32. The number of hydrogen-bond acceptors (Lipinski definition) is 4. The number of nitrogens with one attached hydrogen (secondary N) is 1. The largest absolute Gasteiger partial charge is 0.334 e. The Kier molecular flexibility index (Phi) is 6.11. The molecule has 2 unspecified atom stereocenters. The molecule has 1 aliphatic carbocycles. The van der Waals surface area contributed by atoms with Crippen LogP contribution in [0.4, 0.5) is 5.00 Å². The first-order valence-electron chi connectivity index (χ1n) is 10.4. The summed E-state index contributed by atoms with van der Waals surface area (Å²) < 4.78 is 0.916. The van der Waals surface area contributed by atoms with E-state index >= 15 is 0 Å². The Labute approximate surface area is 189 Å². The van der Waals surface area contributed by atoms with Gasteiger partial charge in [-0.2, -0.15) is 0 Å². The molecule has 30 heavy (non-hydrogen) atoms. The highest BCUT2D eigenvalue weighted by atomic mass is 79.9. The summed E-state index contributed by atoms with van der Waals surface area (Å²) in [6, 6.07) is 6.84. The van der Waals surface area contributed by atoms with Crippen molar-refractivity contribution in [2.75, 3.05) is 12.4 Å². The Balaban J connectivity index is 1.68. The van der Waals surface area contributed by atoms with Gasteiger partial charge in [0.15, 0.2) is 5.78 Å². The number of likely N-dealkylation sites (tertiary alicyclic amines) is 1. The Morgan fingerprint density at radius 2 is 1.90 bits per heavy atom. The van der Waals surface area contributed by atoms with Crippen molar-refractivity contribution in [1.29, 1.82) is 0 Å². The summed E-state index contributed by atoms with van der Waals surface area (Å²) in [4.78, 5) is 41.2. The summed E-state index contributed by atoms with van der Waals surface area (Å²) in [6.07, 6.45) is 4.66. The van der Waals surface area contributed by atoms with Crippen LogP contribution in [0.3, 0.4) is 0 Å². The predicted octanol–water partition coefficient (Wildman–Crippen LogP) is 4.82. The normalized spacial score (nSPS) is 21.3. The SMILES string of the molecule is CC1CCc2c(sc(NC(=O)C3CCCC(=O)N3C)c2C(=O)c2ccc(Br)cc2)C1. The van der Waals surface area contributed by atoms with Crippen molar-refractivity contribution in [2.24, 2.45) is 5.92 Å². The molecule has 2 aromatic rings. The van der Waals surface area contributed by atoms with E-state index in [2.05, 4.69) is 28.2 Å². The van der Waals surface area contributed by atoms with Crippen LogP contribution in [0.15, 0.2) is 28.7 Å². The van der Waals surface area contributed by atoms with Gasteiger partial charge in [0, 0.05) is 28.4 Å². The van der Waals surface area contributed by atoms with Crippen molar-refractivity contribution >= 4 is 49.9 Å². The smallest absolute Gasteiger partial charge is 0.247 e. The maximum atomic E-state index is 13.4. The number of rotatable bonds is 4. The van der Waals surface area contributed by atoms with Gasteiger partial charge in [0.2, 0.25) is 11.8 Å². The number of anilines is 1. The van der Waals surface area contributed by atoms with Crippen molar-refractivity contribution in [3.63, 3.8) is 0 Å². The second-order valence-corrected chi connectivity index (χ2v) is 10.3. The number of thiophene rings is 1. The molecule has 158 valence electrons. The van der Waals surface area contributed by atoms with Crippen molar-refractivity contribution in [1.82, 2.24) is 4.90 Å². The number of nitrogens with zero attached hydrogens (tertiary/aromatic N) is 1. The fraction of sp³-hybridized carbons (Fsp3) is 0.435. The minimum absolute atomic E-state index is 0.00754. The van der Waals surface area contributed by atoms with Gasteiger partial charge in [-0.3, -0.25) is 14.4 Å². The molecule has 4 rings (SSSR count). The van der Waals surface area contributed by atoms with Crippen LogP contribution in [-0.4, -0.2) is 35.6 Å². The van der Waals surface area contributed by atoms with Crippen LogP contribution in [0, 0.1) is 5.92 Å². The summed E-state index contributed by atoms with van der Waals surface area (Å²) in [6.45, 7) is 2.22. The van der Waals surface area contributed by atoms with E-state index < -0.39 is 6.04 Å². The molecular weight excluding hydrogens is 464 g/mol. The van der Waals surface area contributed by atoms with Crippen LogP contribution < -0.4 is 5.32 Å². The quantitative estimate of drug-likeness (QED) is 0.627. The third-order valence-electron chi connectivity index (χ3n) is 6.11. The molecule has 0 bridgehead atoms. The van der Waals surface area contributed by atoms with Crippen molar-refractivity contribution in [2.45, 2.75) is 51.5 Å². The van der Waals surface area contributed by atoms with Crippen LogP contribution in [0.1, 0.15) is 59.0 Å². The molecule has 1 aromatic carbocycles.